The van der Waals surface area contributed by atoms with Crippen molar-refractivity contribution in [2.45, 2.75) is 51.6 Å². The van der Waals surface area contributed by atoms with Gasteiger partial charge in [-0.1, -0.05) is 25.0 Å². The van der Waals surface area contributed by atoms with Gasteiger partial charge in [0.2, 0.25) is 5.91 Å². The summed E-state index contributed by atoms with van der Waals surface area (Å²) >= 11 is 0. The van der Waals surface area contributed by atoms with E-state index in [4.69, 9.17) is 4.74 Å². The minimum Gasteiger partial charge on any atom is -0.494 e. The topological polar surface area (TPSA) is 81.9 Å². The Morgan fingerprint density at radius 2 is 2.04 bits per heavy atom. The van der Waals surface area contributed by atoms with Gasteiger partial charge in [-0.25, -0.2) is 4.68 Å². The first-order valence-corrected chi connectivity index (χ1v) is 8.51. The van der Waals surface area contributed by atoms with Crippen LogP contribution >= 0.6 is 0 Å². The van der Waals surface area contributed by atoms with Gasteiger partial charge in [0.15, 0.2) is 5.82 Å². The Morgan fingerprint density at radius 3 is 2.75 bits per heavy atom. The van der Waals surface area contributed by atoms with Crippen LogP contribution in [0.5, 0.6) is 5.75 Å². The lowest BCUT2D eigenvalue weighted by Crippen LogP contribution is -2.27. The number of nitrogens with one attached hydrogen (secondary N) is 1. The zero-order chi connectivity index (χ0) is 16.8. The minimum absolute atomic E-state index is 0.0415. The third kappa shape index (κ3) is 4.10. The average Bonchev–Trinajstić information content (AvgIpc) is 3.26. The highest BCUT2D eigenvalue weighted by Crippen LogP contribution is 2.28. The van der Waals surface area contributed by atoms with Crippen LogP contribution in [0, 0.1) is 0 Å². The molecule has 0 saturated heterocycles. The number of tetrazole rings is 1. The number of carbonyl (C=O) groups excluding carboxylic acids is 1. The van der Waals surface area contributed by atoms with Gasteiger partial charge in [-0.3, -0.25) is 4.79 Å². The molecule has 0 aliphatic heterocycles. The summed E-state index contributed by atoms with van der Waals surface area (Å²) in [5.41, 5.74) is 0.950. The molecule has 7 heteroatoms. The number of aromatic nitrogens is 4. The maximum absolute atomic E-state index is 12.1. The largest absolute Gasteiger partial charge is 0.494 e. The predicted molar refractivity (Wildman–Crippen MR) is 88.5 cm³/mol. The van der Waals surface area contributed by atoms with Gasteiger partial charge in [-0.2, -0.15) is 0 Å². The van der Waals surface area contributed by atoms with E-state index in [1.165, 1.54) is 12.8 Å². The second-order valence-corrected chi connectivity index (χ2v) is 6.01. The van der Waals surface area contributed by atoms with Gasteiger partial charge in [0.05, 0.1) is 25.6 Å². The van der Waals surface area contributed by atoms with E-state index in [1.807, 2.05) is 35.9 Å². The molecule has 1 aromatic heterocycles. The second-order valence-electron chi connectivity index (χ2n) is 6.01. The highest BCUT2D eigenvalue weighted by atomic mass is 16.5. The second kappa shape index (κ2) is 7.90. The summed E-state index contributed by atoms with van der Waals surface area (Å²) in [6, 6.07) is 7.96. The van der Waals surface area contributed by atoms with Gasteiger partial charge in [-0.05, 0) is 47.9 Å². The highest BCUT2D eigenvalue weighted by molar-refractivity contribution is 5.78. The minimum atomic E-state index is -0.0415. The van der Waals surface area contributed by atoms with Gasteiger partial charge in [0.25, 0.3) is 0 Å². The molecular formula is C17H23N5O2. The molecule has 0 spiro atoms. The first kappa shape index (κ1) is 16.4. The fourth-order valence-corrected chi connectivity index (χ4v) is 3.06. The molecular weight excluding hydrogens is 306 g/mol. The van der Waals surface area contributed by atoms with E-state index in [-0.39, 0.29) is 5.91 Å². The van der Waals surface area contributed by atoms with Crippen molar-refractivity contribution in [3.8, 4) is 5.75 Å². The molecule has 1 saturated carbocycles. The van der Waals surface area contributed by atoms with Crippen LogP contribution in [0.4, 0.5) is 0 Å². The Kier molecular flexibility index (Phi) is 5.40. The predicted octanol–water partition coefficient (Wildman–Crippen LogP) is 2.05. The van der Waals surface area contributed by atoms with Gasteiger partial charge in [-0.15, -0.1) is 5.10 Å². The molecule has 3 rings (SSSR count). The van der Waals surface area contributed by atoms with Crippen molar-refractivity contribution in [2.75, 3.05) is 6.61 Å². The molecule has 1 N–H and O–H groups in total. The van der Waals surface area contributed by atoms with Gasteiger partial charge >= 0.3 is 0 Å². The first-order valence-electron chi connectivity index (χ1n) is 8.51. The van der Waals surface area contributed by atoms with E-state index in [9.17, 15) is 4.79 Å². The molecule has 2 aromatic rings. The van der Waals surface area contributed by atoms with Crippen LogP contribution in [0.15, 0.2) is 24.3 Å². The fourth-order valence-electron chi connectivity index (χ4n) is 3.06. The highest BCUT2D eigenvalue weighted by Gasteiger charge is 2.21. The first-order chi connectivity index (χ1) is 11.8. The molecule has 24 heavy (non-hydrogen) atoms. The van der Waals surface area contributed by atoms with Gasteiger partial charge in [0.1, 0.15) is 5.75 Å². The van der Waals surface area contributed by atoms with E-state index in [0.717, 1.165) is 30.0 Å². The van der Waals surface area contributed by atoms with Crippen LogP contribution in [0.3, 0.4) is 0 Å². The number of amides is 1. The summed E-state index contributed by atoms with van der Waals surface area (Å²) < 4.78 is 7.26. The van der Waals surface area contributed by atoms with Crippen molar-refractivity contribution >= 4 is 5.91 Å². The lowest BCUT2D eigenvalue weighted by molar-refractivity contribution is -0.120. The fraction of sp³-hybridized carbons (Fsp3) is 0.529. The van der Waals surface area contributed by atoms with Crippen molar-refractivity contribution in [2.24, 2.45) is 0 Å². The smallest absolute Gasteiger partial charge is 0.224 e. The molecule has 1 aliphatic rings. The van der Waals surface area contributed by atoms with Crippen molar-refractivity contribution < 1.29 is 9.53 Å². The van der Waals surface area contributed by atoms with E-state index in [2.05, 4.69) is 20.8 Å². The van der Waals surface area contributed by atoms with Crippen molar-refractivity contribution in [1.82, 2.24) is 25.5 Å². The van der Waals surface area contributed by atoms with Crippen LogP contribution in [0.25, 0.3) is 0 Å². The number of ether oxygens (including phenoxy) is 1. The molecule has 1 aliphatic carbocycles. The SMILES string of the molecule is CCOc1ccc(CC(=O)NCc2nnnn2C2CCCC2)cc1. The van der Waals surface area contributed by atoms with Gasteiger partial charge < -0.3 is 10.1 Å². The summed E-state index contributed by atoms with van der Waals surface area (Å²) in [5.74, 6) is 1.50. The summed E-state index contributed by atoms with van der Waals surface area (Å²) in [7, 11) is 0. The lowest BCUT2D eigenvalue weighted by atomic mass is 10.1. The van der Waals surface area contributed by atoms with Crippen LogP contribution in [-0.4, -0.2) is 32.7 Å². The van der Waals surface area contributed by atoms with E-state index < -0.39 is 0 Å². The Hall–Kier alpha value is -2.44. The van der Waals surface area contributed by atoms with E-state index in [1.54, 1.807) is 0 Å². The molecule has 0 atom stereocenters. The number of hydrogen-bond acceptors (Lipinski definition) is 5. The van der Waals surface area contributed by atoms with E-state index in [0.29, 0.717) is 25.6 Å². The molecule has 1 heterocycles. The van der Waals surface area contributed by atoms with Crippen molar-refractivity contribution in [3.63, 3.8) is 0 Å². The number of benzene rings is 1. The van der Waals surface area contributed by atoms with Crippen LogP contribution in [-0.2, 0) is 17.8 Å². The Morgan fingerprint density at radius 1 is 1.29 bits per heavy atom. The summed E-state index contributed by atoms with van der Waals surface area (Å²) in [5, 5.41) is 14.8. The third-order valence-corrected chi connectivity index (χ3v) is 4.27. The van der Waals surface area contributed by atoms with E-state index >= 15 is 0 Å². The molecule has 0 bridgehead atoms. The average molecular weight is 329 g/mol. The monoisotopic (exact) mass is 329 g/mol. The summed E-state index contributed by atoms with van der Waals surface area (Å²) in [6.45, 7) is 2.94. The third-order valence-electron chi connectivity index (χ3n) is 4.27. The molecule has 128 valence electrons. The quantitative estimate of drug-likeness (QED) is 0.840. The molecule has 0 unspecified atom stereocenters. The van der Waals surface area contributed by atoms with Crippen molar-refractivity contribution in [1.29, 1.82) is 0 Å². The molecule has 0 radical (unpaired) electrons. The van der Waals surface area contributed by atoms with Crippen LogP contribution in [0.1, 0.15) is 50.0 Å². The standard InChI is InChI=1S/C17H23N5O2/c1-2-24-15-9-7-13(8-10-15)11-17(23)18-12-16-19-20-21-22(16)14-5-3-4-6-14/h7-10,14H,2-6,11-12H2,1H3,(H,18,23). The molecule has 1 fully saturated rings. The maximum Gasteiger partial charge on any atom is 0.224 e. The Bertz CT molecular complexity index is 662. The normalized spacial score (nSPS) is 14.7. The maximum atomic E-state index is 12.1. The lowest BCUT2D eigenvalue weighted by Gasteiger charge is -2.11. The van der Waals surface area contributed by atoms with Gasteiger partial charge in [0, 0.05) is 0 Å². The van der Waals surface area contributed by atoms with Crippen LogP contribution < -0.4 is 10.1 Å². The molecule has 7 nitrogen and oxygen atoms in total. The molecule has 1 aromatic carbocycles. The number of rotatable bonds is 7. The van der Waals surface area contributed by atoms with Crippen molar-refractivity contribution in [3.05, 3.63) is 35.7 Å². The van der Waals surface area contributed by atoms with Crippen LogP contribution in [0.2, 0.25) is 0 Å². The number of hydrogen-bond donors (Lipinski definition) is 1. The Balaban J connectivity index is 1.51. The number of nitrogens with zero attached hydrogens (tertiary/aromatic N) is 4. The molecule has 1 amide bonds. The zero-order valence-corrected chi connectivity index (χ0v) is 13.9. The summed E-state index contributed by atoms with van der Waals surface area (Å²) in [4.78, 5) is 12.1. The zero-order valence-electron chi connectivity index (χ0n) is 13.9. The number of carbonyl (C=O) groups is 1. The summed E-state index contributed by atoms with van der Waals surface area (Å²) in [6.07, 6.45) is 4.98. The Labute approximate surface area is 141 Å².